The highest BCUT2D eigenvalue weighted by Crippen LogP contribution is 2.26. The van der Waals surface area contributed by atoms with Crippen LogP contribution in [0.3, 0.4) is 0 Å². The smallest absolute Gasteiger partial charge is 0.0682 e. The van der Waals surface area contributed by atoms with Crippen molar-refractivity contribution < 1.29 is 9.84 Å². The van der Waals surface area contributed by atoms with E-state index in [9.17, 15) is 5.11 Å². The number of hydrogen-bond donors (Lipinski definition) is 1. The molecule has 1 unspecified atom stereocenters. The molecule has 0 aliphatic heterocycles. The highest BCUT2D eigenvalue weighted by molar-refractivity contribution is 6.33. The summed E-state index contributed by atoms with van der Waals surface area (Å²) in [6.45, 7) is 2.29. The Morgan fingerprint density at radius 1 is 1.38 bits per heavy atom. The lowest BCUT2D eigenvalue weighted by atomic mass is 9.93. The topological polar surface area (TPSA) is 29.5 Å². The molecule has 4 heteroatoms. The summed E-state index contributed by atoms with van der Waals surface area (Å²) in [7, 11) is 1.61. The van der Waals surface area contributed by atoms with Gasteiger partial charge in [-0.15, -0.1) is 0 Å². The van der Waals surface area contributed by atoms with Crippen LogP contribution in [-0.2, 0) is 11.2 Å². The van der Waals surface area contributed by atoms with Gasteiger partial charge < -0.3 is 9.84 Å². The first-order valence-corrected chi connectivity index (χ1v) is 5.85. The molecule has 0 saturated heterocycles. The van der Waals surface area contributed by atoms with Crippen molar-refractivity contribution in [2.75, 3.05) is 13.7 Å². The lowest BCUT2D eigenvalue weighted by Gasteiger charge is -2.23. The molecular weight excluding hydrogens is 247 g/mol. The molecule has 2 nitrogen and oxygen atoms in total. The Kier molecular flexibility index (Phi) is 5.06. The Balaban J connectivity index is 2.74. The van der Waals surface area contributed by atoms with Gasteiger partial charge in [-0.05, 0) is 37.1 Å². The van der Waals surface area contributed by atoms with E-state index in [1.165, 1.54) is 0 Å². The monoisotopic (exact) mass is 262 g/mol. The van der Waals surface area contributed by atoms with Crippen LogP contribution in [0.1, 0.15) is 18.9 Å². The Bertz CT molecular complexity index is 351. The fraction of sp³-hybridized carbons (Fsp3) is 0.500. The van der Waals surface area contributed by atoms with Gasteiger partial charge in [0.1, 0.15) is 0 Å². The van der Waals surface area contributed by atoms with E-state index in [4.69, 9.17) is 27.9 Å². The standard InChI is InChI=1S/C12H16Cl2O2/c1-12(15,5-6-16-2)8-9-7-10(13)3-4-11(9)14/h3-4,7,15H,5-6,8H2,1-2H3. The Hall–Kier alpha value is -0.280. The van der Waals surface area contributed by atoms with Crippen LogP contribution in [0.15, 0.2) is 18.2 Å². The minimum atomic E-state index is -0.829. The van der Waals surface area contributed by atoms with Crippen molar-refractivity contribution in [2.24, 2.45) is 0 Å². The van der Waals surface area contributed by atoms with Crippen LogP contribution in [0.4, 0.5) is 0 Å². The molecule has 0 fully saturated rings. The first-order valence-electron chi connectivity index (χ1n) is 5.10. The molecule has 0 saturated carbocycles. The Labute approximate surface area is 106 Å². The molecule has 1 N–H and O–H groups in total. The largest absolute Gasteiger partial charge is 0.390 e. The highest BCUT2D eigenvalue weighted by Gasteiger charge is 2.21. The maximum absolute atomic E-state index is 10.1. The summed E-state index contributed by atoms with van der Waals surface area (Å²) in [5, 5.41) is 11.4. The maximum atomic E-state index is 10.1. The summed E-state index contributed by atoms with van der Waals surface area (Å²) in [4.78, 5) is 0. The number of hydrogen-bond acceptors (Lipinski definition) is 2. The lowest BCUT2D eigenvalue weighted by molar-refractivity contribution is 0.0249. The minimum absolute atomic E-state index is 0.468. The minimum Gasteiger partial charge on any atom is -0.390 e. The van der Waals surface area contributed by atoms with Crippen LogP contribution >= 0.6 is 23.2 Å². The molecule has 0 bridgehead atoms. The fourth-order valence-electron chi connectivity index (χ4n) is 1.50. The van der Waals surface area contributed by atoms with E-state index in [1.807, 2.05) is 0 Å². The fourth-order valence-corrected chi connectivity index (χ4v) is 1.88. The van der Waals surface area contributed by atoms with Gasteiger partial charge in [0.05, 0.1) is 5.60 Å². The molecule has 1 aromatic carbocycles. The summed E-state index contributed by atoms with van der Waals surface area (Å²) in [6, 6.07) is 5.26. The Morgan fingerprint density at radius 3 is 2.69 bits per heavy atom. The van der Waals surface area contributed by atoms with Crippen molar-refractivity contribution in [3.63, 3.8) is 0 Å². The molecule has 0 amide bonds. The number of halogens is 2. The number of methoxy groups -OCH3 is 1. The van der Waals surface area contributed by atoms with Crippen LogP contribution in [0, 0.1) is 0 Å². The SMILES string of the molecule is COCCC(C)(O)Cc1cc(Cl)ccc1Cl. The van der Waals surface area contributed by atoms with Crippen molar-refractivity contribution in [1.29, 1.82) is 0 Å². The molecule has 0 aliphatic carbocycles. The molecule has 1 aromatic rings. The molecule has 16 heavy (non-hydrogen) atoms. The molecule has 0 heterocycles. The molecule has 1 atom stereocenters. The number of benzene rings is 1. The van der Waals surface area contributed by atoms with E-state index in [0.717, 1.165) is 5.56 Å². The summed E-state index contributed by atoms with van der Waals surface area (Å²) in [6.07, 6.45) is 1.03. The van der Waals surface area contributed by atoms with Crippen molar-refractivity contribution in [1.82, 2.24) is 0 Å². The average Bonchev–Trinajstić information content (AvgIpc) is 2.20. The van der Waals surface area contributed by atoms with Crippen LogP contribution in [0.5, 0.6) is 0 Å². The van der Waals surface area contributed by atoms with E-state index in [-0.39, 0.29) is 0 Å². The van der Waals surface area contributed by atoms with Gasteiger partial charge in [0, 0.05) is 30.2 Å². The second kappa shape index (κ2) is 5.87. The van der Waals surface area contributed by atoms with Crippen molar-refractivity contribution in [2.45, 2.75) is 25.4 Å². The van der Waals surface area contributed by atoms with Gasteiger partial charge in [-0.2, -0.15) is 0 Å². The number of rotatable bonds is 5. The first kappa shape index (κ1) is 13.8. The van der Waals surface area contributed by atoms with Crippen LogP contribution in [0.2, 0.25) is 10.0 Å². The first-order chi connectivity index (χ1) is 7.44. The third kappa shape index (κ3) is 4.30. The zero-order chi connectivity index (χ0) is 12.2. The van der Waals surface area contributed by atoms with E-state index in [1.54, 1.807) is 32.2 Å². The maximum Gasteiger partial charge on any atom is 0.0682 e. The second-order valence-electron chi connectivity index (χ2n) is 4.15. The van der Waals surface area contributed by atoms with Gasteiger partial charge in [-0.1, -0.05) is 23.2 Å². The molecule has 0 aromatic heterocycles. The predicted molar refractivity (Wildman–Crippen MR) is 67.3 cm³/mol. The summed E-state index contributed by atoms with van der Waals surface area (Å²) < 4.78 is 4.95. The molecular formula is C12H16Cl2O2. The quantitative estimate of drug-likeness (QED) is 0.883. The lowest BCUT2D eigenvalue weighted by Crippen LogP contribution is -2.28. The molecule has 0 spiro atoms. The number of aliphatic hydroxyl groups is 1. The molecule has 1 rings (SSSR count). The van der Waals surface area contributed by atoms with E-state index in [0.29, 0.717) is 29.5 Å². The third-order valence-electron chi connectivity index (χ3n) is 2.42. The number of ether oxygens (including phenoxy) is 1. The predicted octanol–water partition coefficient (Wildman–Crippen LogP) is 3.32. The third-order valence-corrected chi connectivity index (χ3v) is 3.03. The zero-order valence-corrected chi connectivity index (χ0v) is 11.0. The molecule has 0 radical (unpaired) electrons. The van der Waals surface area contributed by atoms with Crippen LogP contribution in [-0.4, -0.2) is 24.4 Å². The van der Waals surface area contributed by atoms with Gasteiger partial charge >= 0.3 is 0 Å². The van der Waals surface area contributed by atoms with Crippen LogP contribution in [0.25, 0.3) is 0 Å². The highest BCUT2D eigenvalue weighted by atomic mass is 35.5. The zero-order valence-electron chi connectivity index (χ0n) is 9.46. The van der Waals surface area contributed by atoms with Gasteiger partial charge in [0.2, 0.25) is 0 Å². The second-order valence-corrected chi connectivity index (χ2v) is 5.00. The van der Waals surface area contributed by atoms with Crippen molar-refractivity contribution in [3.8, 4) is 0 Å². The van der Waals surface area contributed by atoms with Gasteiger partial charge in [0.25, 0.3) is 0 Å². The Morgan fingerprint density at radius 2 is 2.06 bits per heavy atom. The molecule has 90 valence electrons. The normalized spacial score (nSPS) is 14.8. The van der Waals surface area contributed by atoms with E-state index < -0.39 is 5.60 Å². The van der Waals surface area contributed by atoms with Gasteiger partial charge in [0.15, 0.2) is 0 Å². The van der Waals surface area contributed by atoms with E-state index in [2.05, 4.69) is 0 Å². The van der Waals surface area contributed by atoms with Crippen molar-refractivity contribution in [3.05, 3.63) is 33.8 Å². The van der Waals surface area contributed by atoms with Gasteiger partial charge in [-0.25, -0.2) is 0 Å². The average molecular weight is 263 g/mol. The van der Waals surface area contributed by atoms with Gasteiger partial charge in [-0.3, -0.25) is 0 Å². The molecule has 0 aliphatic rings. The summed E-state index contributed by atoms with van der Waals surface area (Å²) in [5.74, 6) is 0. The van der Waals surface area contributed by atoms with E-state index >= 15 is 0 Å². The summed E-state index contributed by atoms with van der Waals surface area (Å²) in [5.41, 5.74) is 0.0277. The summed E-state index contributed by atoms with van der Waals surface area (Å²) >= 11 is 11.9. The van der Waals surface area contributed by atoms with Crippen LogP contribution < -0.4 is 0 Å². The van der Waals surface area contributed by atoms with Crippen molar-refractivity contribution >= 4 is 23.2 Å².